The van der Waals surface area contributed by atoms with Crippen molar-refractivity contribution in [3.63, 3.8) is 0 Å². The Morgan fingerprint density at radius 2 is 1.58 bits per heavy atom. The Bertz CT molecular complexity index is 1220. The number of amides is 1. The van der Waals surface area contributed by atoms with E-state index in [-0.39, 0.29) is 32.1 Å². The molecule has 0 unspecified atom stereocenters. The predicted molar refractivity (Wildman–Crippen MR) is 132 cm³/mol. The van der Waals surface area contributed by atoms with Gasteiger partial charge in [-0.15, -0.1) is 0 Å². The standard InChI is InChI=1S/C23H21Cl3N2O4S/c1-2-32-16-8-10-17(11-9-16)33(30,31)28-22(12-15-6-4-3-5-7-15)23(29)27-21-14-19(25)18(24)13-20(21)26/h3-11,13-14,22,28H,2,12H2,1H3,(H,27,29)/t22-/m1/s1. The van der Waals surface area contributed by atoms with Crippen LogP contribution in [-0.4, -0.2) is 27.0 Å². The number of hydrogen-bond acceptors (Lipinski definition) is 4. The number of rotatable bonds is 9. The van der Waals surface area contributed by atoms with E-state index in [4.69, 9.17) is 39.5 Å². The maximum absolute atomic E-state index is 13.1. The first-order valence-corrected chi connectivity index (χ1v) is 12.6. The SMILES string of the molecule is CCOc1ccc(S(=O)(=O)N[C@H](Cc2ccccc2)C(=O)Nc2cc(Cl)c(Cl)cc2Cl)cc1. The van der Waals surface area contributed by atoms with Crippen molar-refractivity contribution in [1.82, 2.24) is 4.72 Å². The van der Waals surface area contributed by atoms with Gasteiger partial charge in [0, 0.05) is 0 Å². The summed E-state index contributed by atoms with van der Waals surface area (Å²) in [5.74, 6) is -0.0575. The van der Waals surface area contributed by atoms with Crippen molar-refractivity contribution >= 4 is 56.4 Å². The van der Waals surface area contributed by atoms with Gasteiger partial charge in [-0.3, -0.25) is 4.79 Å². The lowest BCUT2D eigenvalue weighted by Gasteiger charge is -2.19. The topological polar surface area (TPSA) is 84.5 Å². The van der Waals surface area contributed by atoms with Gasteiger partial charge in [0.25, 0.3) is 0 Å². The van der Waals surface area contributed by atoms with E-state index < -0.39 is 22.0 Å². The van der Waals surface area contributed by atoms with E-state index in [1.54, 1.807) is 36.4 Å². The highest BCUT2D eigenvalue weighted by atomic mass is 35.5. The quantitative estimate of drug-likeness (QED) is 0.356. The first-order chi connectivity index (χ1) is 15.7. The molecule has 3 rings (SSSR count). The highest BCUT2D eigenvalue weighted by Gasteiger charge is 2.27. The average molecular weight is 528 g/mol. The van der Waals surface area contributed by atoms with Gasteiger partial charge in [-0.05, 0) is 55.3 Å². The average Bonchev–Trinajstić information content (AvgIpc) is 2.78. The number of ether oxygens (including phenoxy) is 1. The molecule has 1 amide bonds. The van der Waals surface area contributed by atoms with Crippen LogP contribution >= 0.6 is 34.8 Å². The molecule has 2 N–H and O–H groups in total. The highest BCUT2D eigenvalue weighted by Crippen LogP contribution is 2.32. The Balaban J connectivity index is 1.87. The molecular weight excluding hydrogens is 507 g/mol. The molecule has 0 saturated heterocycles. The first-order valence-electron chi connectivity index (χ1n) is 9.94. The van der Waals surface area contributed by atoms with E-state index in [1.807, 2.05) is 13.0 Å². The van der Waals surface area contributed by atoms with E-state index >= 15 is 0 Å². The summed E-state index contributed by atoms with van der Waals surface area (Å²) in [6.07, 6.45) is 0.113. The van der Waals surface area contributed by atoms with Crippen molar-refractivity contribution in [1.29, 1.82) is 0 Å². The number of carbonyl (C=O) groups is 1. The van der Waals surface area contributed by atoms with Crippen LogP contribution in [0.2, 0.25) is 15.1 Å². The Morgan fingerprint density at radius 3 is 2.21 bits per heavy atom. The van der Waals surface area contributed by atoms with Crippen LogP contribution in [-0.2, 0) is 21.2 Å². The number of halogens is 3. The summed E-state index contributed by atoms with van der Waals surface area (Å²) in [5, 5.41) is 3.24. The molecule has 0 aliphatic carbocycles. The largest absolute Gasteiger partial charge is 0.494 e. The summed E-state index contributed by atoms with van der Waals surface area (Å²) in [5.41, 5.74) is 0.988. The molecule has 3 aromatic rings. The summed E-state index contributed by atoms with van der Waals surface area (Å²) >= 11 is 18.2. The number of anilines is 1. The van der Waals surface area contributed by atoms with Crippen LogP contribution < -0.4 is 14.8 Å². The fourth-order valence-corrected chi connectivity index (χ4v) is 4.80. The van der Waals surface area contributed by atoms with Crippen molar-refractivity contribution in [2.75, 3.05) is 11.9 Å². The van der Waals surface area contributed by atoms with Crippen LogP contribution in [0.1, 0.15) is 12.5 Å². The second-order valence-corrected chi connectivity index (χ2v) is 9.94. The molecule has 0 bridgehead atoms. The molecule has 0 spiro atoms. The third kappa shape index (κ3) is 6.85. The molecule has 6 nitrogen and oxygen atoms in total. The minimum Gasteiger partial charge on any atom is -0.494 e. The molecular formula is C23H21Cl3N2O4S. The maximum atomic E-state index is 13.1. The van der Waals surface area contributed by atoms with E-state index in [9.17, 15) is 13.2 Å². The molecule has 3 aromatic carbocycles. The number of sulfonamides is 1. The molecule has 174 valence electrons. The normalized spacial score (nSPS) is 12.2. The Hall–Kier alpha value is -2.29. The van der Waals surface area contributed by atoms with E-state index in [0.717, 1.165) is 5.56 Å². The third-order valence-corrected chi connectivity index (χ3v) is 7.13. The van der Waals surface area contributed by atoms with Crippen molar-refractivity contribution in [2.24, 2.45) is 0 Å². The molecule has 0 radical (unpaired) electrons. The molecule has 0 aromatic heterocycles. The molecule has 10 heteroatoms. The van der Waals surface area contributed by atoms with E-state index in [0.29, 0.717) is 12.4 Å². The van der Waals surface area contributed by atoms with Crippen LogP contribution in [0.3, 0.4) is 0 Å². The number of hydrogen-bond donors (Lipinski definition) is 2. The summed E-state index contributed by atoms with van der Waals surface area (Å²) in [6, 6.07) is 16.7. The zero-order chi connectivity index (χ0) is 24.0. The zero-order valence-corrected chi connectivity index (χ0v) is 20.6. The second kappa shape index (κ2) is 11.2. The molecule has 0 saturated carbocycles. The van der Waals surface area contributed by atoms with E-state index in [2.05, 4.69) is 10.0 Å². The lowest BCUT2D eigenvalue weighted by atomic mass is 10.1. The van der Waals surface area contributed by atoms with Gasteiger partial charge in [0.1, 0.15) is 11.8 Å². The van der Waals surface area contributed by atoms with Crippen LogP contribution in [0.15, 0.2) is 71.6 Å². The second-order valence-electron chi connectivity index (χ2n) is 7.00. The Kier molecular flexibility index (Phi) is 8.62. The van der Waals surface area contributed by atoms with Crippen LogP contribution in [0.4, 0.5) is 5.69 Å². The number of nitrogens with one attached hydrogen (secondary N) is 2. The fourth-order valence-electron chi connectivity index (χ4n) is 3.01. The zero-order valence-electron chi connectivity index (χ0n) is 17.5. The van der Waals surface area contributed by atoms with Gasteiger partial charge in [0.2, 0.25) is 15.9 Å². The van der Waals surface area contributed by atoms with Crippen molar-refractivity contribution < 1.29 is 17.9 Å². The molecule has 0 aliphatic heterocycles. The lowest BCUT2D eigenvalue weighted by molar-refractivity contribution is -0.117. The van der Waals surface area contributed by atoms with Gasteiger partial charge in [0.15, 0.2) is 0 Å². The molecule has 0 heterocycles. The number of carbonyl (C=O) groups excluding carboxylic acids is 1. The van der Waals surface area contributed by atoms with Gasteiger partial charge in [0.05, 0.1) is 32.3 Å². The summed E-state index contributed by atoms with van der Waals surface area (Å²) in [6.45, 7) is 2.29. The minimum absolute atomic E-state index is 0.00406. The van der Waals surface area contributed by atoms with Gasteiger partial charge in [-0.1, -0.05) is 65.1 Å². The monoisotopic (exact) mass is 526 g/mol. The first kappa shape index (κ1) is 25.3. The van der Waals surface area contributed by atoms with E-state index in [1.165, 1.54) is 24.3 Å². The smallest absolute Gasteiger partial charge is 0.242 e. The summed E-state index contributed by atoms with van der Waals surface area (Å²) < 4.78 is 33.9. The van der Waals surface area contributed by atoms with Crippen LogP contribution in [0.5, 0.6) is 5.75 Å². The fraction of sp³-hybridized carbons (Fsp3) is 0.174. The number of benzene rings is 3. The van der Waals surface area contributed by atoms with Gasteiger partial charge in [-0.25, -0.2) is 8.42 Å². The molecule has 1 atom stereocenters. The Morgan fingerprint density at radius 1 is 0.939 bits per heavy atom. The van der Waals surface area contributed by atoms with Crippen molar-refractivity contribution in [2.45, 2.75) is 24.3 Å². The molecule has 33 heavy (non-hydrogen) atoms. The Labute approximate surface area is 207 Å². The molecule has 0 fully saturated rings. The van der Waals surface area contributed by atoms with Gasteiger partial charge in [-0.2, -0.15) is 4.72 Å². The lowest BCUT2D eigenvalue weighted by Crippen LogP contribution is -2.45. The van der Waals surface area contributed by atoms with Crippen LogP contribution in [0, 0.1) is 0 Å². The highest BCUT2D eigenvalue weighted by molar-refractivity contribution is 7.89. The van der Waals surface area contributed by atoms with Crippen LogP contribution in [0.25, 0.3) is 0 Å². The molecule has 0 aliphatic rings. The van der Waals surface area contributed by atoms with Crippen molar-refractivity contribution in [3.8, 4) is 5.75 Å². The third-order valence-electron chi connectivity index (χ3n) is 4.61. The minimum atomic E-state index is -4.02. The predicted octanol–water partition coefficient (Wildman–Crippen LogP) is 5.57. The van der Waals surface area contributed by atoms with Crippen molar-refractivity contribution in [3.05, 3.63) is 87.4 Å². The summed E-state index contributed by atoms with van der Waals surface area (Å²) in [4.78, 5) is 13.1. The maximum Gasteiger partial charge on any atom is 0.242 e. The summed E-state index contributed by atoms with van der Waals surface area (Å²) in [7, 11) is -4.02. The van der Waals surface area contributed by atoms with Gasteiger partial charge >= 0.3 is 0 Å². The van der Waals surface area contributed by atoms with Gasteiger partial charge < -0.3 is 10.1 Å².